The Hall–Kier alpha value is -0.560. The third kappa shape index (κ3) is 6.42. The molecular weight excluding hydrogens is 284 g/mol. The summed E-state index contributed by atoms with van der Waals surface area (Å²) in [6.07, 6.45) is 4.17. The van der Waals surface area contributed by atoms with Gasteiger partial charge in [-0.1, -0.05) is 0 Å². The van der Waals surface area contributed by atoms with Gasteiger partial charge in [0.2, 0.25) is 0 Å². The molecule has 0 radical (unpaired) electrons. The van der Waals surface area contributed by atoms with E-state index in [0.29, 0.717) is 18.8 Å². The van der Waals surface area contributed by atoms with Crippen molar-refractivity contribution in [2.24, 2.45) is 0 Å². The molecule has 7 heteroatoms. The Kier molecular flexibility index (Phi) is 8.13. The van der Waals surface area contributed by atoms with Crippen LogP contribution in [0.1, 0.15) is 19.3 Å². The average molecular weight is 306 g/mol. The summed E-state index contributed by atoms with van der Waals surface area (Å²) in [5.74, 6) is 1.87. The minimum atomic E-state index is -0.842. The van der Waals surface area contributed by atoms with Gasteiger partial charge in [0.15, 0.2) is 0 Å². The summed E-state index contributed by atoms with van der Waals surface area (Å²) < 4.78 is 0. The van der Waals surface area contributed by atoms with Gasteiger partial charge in [-0.15, -0.1) is 0 Å². The van der Waals surface area contributed by atoms with Crippen LogP contribution in [0.5, 0.6) is 0 Å². The van der Waals surface area contributed by atoms with Crippen molar-refractivity contribution in [1.29, 1.82) is 0 Å². The van der Waals surface area contributed by atoms with Crippen LogP contribution in [0.3, 0.4) is 0 Å². The van der Waals surface area contributed by atoms with E-state index >= 15 is 0 Å². The number of unbranched alkanes of at least 4 members (excludes halogenated alkanes) is 1. The van der Waals surface area contributed by atoms with Crippen LogP contribution in [-0.2, 0) is 4.79 Å². The number of urea groups is 1. The molecule has 1 rings (SSSR count). The molecule has 1 unspecified atom stereocenters. The molecule has 0 spiro atoms. The van der Waals surface area contributed by atoms with Crippen molar-refractivity contribution in [2.45, 2.75) is 25.3 Å². The van der Waals surface area contributed by atoms with Crippen molar-refractivity contribution in [3.63, 3.8) is 0 Å². The highest BCUT2D eigenvalue weighted by Crippen LogP contribution is 2.19. The summed E-state index contributed by atoms with van der Waals surface area (Å²) in [5, 5.41) is 11.8. The van der Waals surface area contributed by atoms with Crippen molar-refractivity contribution >= 4 is 35.5 Å². The van der Waals surface area contributed by atoms with E-state index in [4.69, 9.17) is 5.11 Å². The van der Waals surface area contributed by atoms with Crippen molar-refractivity contribution in [3.05, 3.63) is 0 Å². The summed E-state index contributed by atoms with van der Waals surface area (Å²) in [6.45, 7) is 1.31. The summed E-state index contributed by atoms with van der Waals surface area (Å²) in [6, 6.07) is -0.293. The standard InChI is InChI=1S/C12H22N2O3S2/c1-18-6-3-2-4-13-12(17)14-5-7-19-9-10(14)8-11(15)16/h10H,2-9H2,1H3,(H,13,17)(H,15,16). The normalized spacial score (nSPS) is 19.2. The lowest BCUT2D eigenvalue weighted by molar-refractivity contribution is -0.137. The Morgan fingerprint density at radius 1 is 1.47 bits per heavy atom. The molecule has 0 aliphatic carbocycles. The van der Waals surface area contributed by atoms with E-state index in [1.807, 2.05) is 0 Å². The van der Waals surface area contributed by atoms with Gasteiger partial charge in [-0.3, -0.25) is 4.79 Å². The maximum absolute atomic E-state index is 12.0. The van der Waals surface area contributed by atoms with Crippen LogP contribution in [-0.4, -0.2) is 64.7 Å². The van der Waals surface area contributed by atoms with Gasteiger partial charge < -0.3 is 15.3 Å². The molecule has 0 aromatic carbocycles. The lowest BCUT2D eigenvalue weighted by atomic mass is 10.2. The zero-order chi connectivity index (χ0) is 14.1. The molecule has 0 saturated carbocycles. The molecule has 1 aliphatic heterocycles. The Morgan fingerprint density at radius 3 is 2.95 bits per heavy atom. The molecule has 1 aliphatic rings. The Balaban J connectivity index is 2.32. The first-order valence-corrected chi connectivity index (χ1v) is 9.03. The van der Waals surface area contributed by atoms with Crippen LogP contribution in [0.2, 0.25) is 0 Å². The molecule has 2 amide bonds. The molecule has 2 N–H and O–H groups in total. The summed E-state index contributed by atoms with van der Waals surface area (Å²) in [5.41, 5.74) is 0. The van der Waals surface area contributed by atoms with Crippen LogP contribution < -0.4 is 5.32 Å². The zero-order valence-corrected chi connectivity index (χ0v) is 12.9. The predicted molar refractivity (Wildman–Crippen MR) is 81.1 cm³/mol. The maximum Gasteiger partial charge on any atom is 0.317 e. The number of amides is 2. The summed E-state index contributed by atoms with van der Waals surface area (Å²) >= 11 is 3.52. The van der Waals surface area contributed by atoms with Crippen LogP contribution in [0, 0.1) is 0 Å². The first-order chi connectivity index (χ1) is 9.15. The molecular formula is C12H22N2O3S2. The van der Waals surface area contributed by atoms with E-state index in [1.165, 1.54) is 0 Å². The molecule has 0 aromatic rings. The lowest BCUT2D eigenvalue weighted by Gasteiger charge is -2.34. The molecule has 0 bridgehead atoms. The van der Waals surface area contributed by atoms with E-state index < -0.39 is 5.97 Å². The monoisotopic (exact) mass is 306 g/mol. The predicted octanol–water partition coefficient (Wildman–Crippen LogP) is 1.73. The molecule has 0 aromatic heterocycles. The molecule has 5 nitrogen and oxygen atoms in total. The molecule has 1 heterocycles. The van der Waals surface area contributed by atoms with Gasteiger partial charge in [0, 0.05) is 24.6 Å². The smallest absolute Gasteiger partial charge is 0.317 e. The highest BCUT2D eigenvalue weighted by atomic mass is 32.2. The van der Waals surface area contributed by atoms with E-state index in [2.05, 4.69) is 11.6 Å². The maximum atomic E-state index is 12.0. The second-order valence-corrected chi connectivity index (χ2v) is 6.59. The van der Waals surface area contributed by atoms with Crippen LogP contribution in [0.25, 0.3) is 0 Å². The number of carbonyl (C=O) groups is 2. The second kappa shape index (κ2) is 9.36. The van der Waals surface area contributed by atoms with Crippen molar-refractivity contribution in [1.82, 2.24) is 10.2 Å². The van der Waals surface area contributed by atoms with Gasteiger partial charge in [0.25, 0.3) is 0 Å². The molecule has 19 heavy (non-hydrogen) atoms. The number of nitrogens with one attached hydrogen (secondary N) is 1. The van der Waals surface area contributed by atoms with E-state index in [0.717, 1.165) is 24.3 Å². The highest BCUT2D eigenvalue weighted by Gasteiger charge is 2.28. The van der Waals surface area contributed by atoms with Crippen LogP contribution in [0.4, 0.5) is 4.79 Å². The first-order valence-electron chi connectivity index (χ1n) is 6.48. The Morgan fingerprint density at radius 2 is 2.26 bits per heavy atom. The first kappa shape index (κ1) is 16.5. The summed E-state index contributed by atoms with van der Waals surface area (Å²) in [4.78, 5) is 24.5. The SMILES string of the molecule is CSCCCCNC(=O)N1CCSCC1CC(=O)O. The summed E-state index contributed by atoms with van der Waals surface area (Å²) in [7, 11) is 0. The largest absolute Gasteiger partial charge is 0.481 e. The van der Waals surface area contributed by atoms with Crippen molar-refractivity contribution < 1.29 is 14.7 Å². The highest BCUT2D eigenvalue weighted by molar-refractivity contribution is 7.99. The zero-order valence-electron chi connectivity index (χ0n) is 11.3. The van der Waals surface area contributed by atoms with Crippen molar-refractivity contribution in [2.75, 3.05) is 36.6 Å². The van der Waals surface area contributed by atoms with E-state index in [9.17, 15) is 9.59 Å². The minimum absolute atomic E-state index is 0.0346. The topological polar surface area (TPSA) is 69.6 Å². The van der Waals surface area contributed by atoms with Crippen molar-refractivity contribution in [3.8, 4) is 0 Å². The van der Waals surface area contributed by atoms with Gasteiger partial charge >= 0.3 is 12.0 Å². The number of hydrogen-bond acceptors (Lipinski definition) is 4. The fourth-order valence-electron chi connectivity index (χ4n) is 1.96. The minimum Gasteiger partial charge on any atom is -0.481 e. The van der Waals surface area contributed by atoms with Crippen LogP contribution in [0.15, 0.2) is 0 Å². The van der Waals surface area contributed by atoms with Gasteiger partial charge in [0.05, 0.1) is 12.5 Å². The fourth-order valence-corrected chi connectivity index (χ4v) is 3.52. The number of carboxylic acids is 1. The number of aliphatic carboxylic acids is 1. The second-order valence-electron chi connectivity index (χ2n) is 4.45. The quantitative estimate of drug-likeness (QED) is 0.701. The third-order valence-corrected chi connectivity index (χ3v) is 4.74. The molecule has 1 saturated heterocycles. The Labute approximate surface area is 122 Å². The number of hydrogen-bond donors (Lipinski definition) is 2. The number of carbonyl (C=O) groups excluding carboxylic acids is 1. The van der Waals surface area contributed by atoms with Gasteiger partial charge in [0.1, 0.15) is 0 Å². The third-order valence-electron chi connectivity index (χ3n) is 2.95. The van der Waals surface area contributed by atoms with Gasteiger partial charge in [-0.2, -0.15) is 23.5 Å². The molecule has 1 fully saturated rings. The number of nitrogens with zero attached hydrogens (tertiary/aromatic N) is 1. The number of rotatable bonds is 7. The number of carboxylic acid groups (broad SMARTS) is 1. The van der Waals surface area contributed by atoms with Gasteiger partial charge in [-0.25, -0.2) is 4.79 Å². The van der Waals surface area contributed by atoms with Crippen LogP contribution >= 0.6 is 23.5 Å². The lowest BCUT2D eigenvalue weighted by Crippen LogP contribution is -2.51. The van der Waals surface area contributed by atoms with Gasteiger partial charge in [-0.05, 0) is 24.9 Å². The van der Waals surface area contributed by atoms with E-state index in [-0.39, 0.29) is 18.5 Å². The molecule has 110 valence electrons. The molecule has 1 atom stereocenters. The average Bonchev–Trinajstić information content (AvgIpc) is 2.38. The Bertz CT molecular complexity index is 303. The fraction of sp³-hybridized carbons (Fsp3) is 0.833. The van der Waals surface area contributed by atoms with E-state index in [1.54, 1.807) is 28.4 Å². The number of thioether (sulfide) groups is 2.